The van der Waals surface area contributed by atoms with Gasteiger partial charge in [-0.15, -0.1) is 0 Å². The minimum absolute atomic E-state index is 0.00231. The van der Waals surface area contributed by atoms with Gasteiger partial charge in [0.15, 0.2) is 0 Å². The standard InChI is InChI=1S/C38H41Cl2N3O5S/c1-27-16-19-33(20-17-27)49(46,47)43(32-18-21-36(48-2)34(40)24-32)26-37(44)42(25-29-12-9-13-30(39)22-29)35(23-28-10-5-3-6-11-28)38(45)41-31-14-7-4-8-15-31/h3,5-6,9-13,16-22,24,31,35H,4,7-8,14-15,23,25-26H2,1-2H3,(H,41,45)/t35-/m0/s1. The van der Waals surface area contributed by atoms with Crippen LogP contribution >= 0.6 is 23.2 Å². The zero-order valence-corrected chi connectivity index (χ0v) is 30.0. The van der Waals surface area contributed by atoms with Gasteiger partial charge in [0, 0.05) is 24.0 Å². The predicted octanol–water partition coefficient (Wildman–Crippen LogP) is 7.59. The zero-order chi connectivity index (χ0) is 35.0. The summed E-state index contributed by atoms with van der Waals surface area (Å²) in [6.07, 6.45) is 5.13. The molecule has 4 aromatic rings. The van der Waals surface area contributed by atoms with Gasteiger partial charge in [-0.1, -0.05) is 103 Å². The molecule has 2 amide bonds. The maximum Gasteiger partial charge on any atom is 0.264 e. The van der Waals surface area contributed by atoms with Crippen LogP contribution < -0.4 is 14.4 Å². The van der Waals surface area contributed by atoms with Crippen LogP contribution in [0.15, 0.2) is 102 Å². The number of sulfonamides is 1. The van der Waals surface area contributed by atoms with E-state index in [1.165, 1.54) is 30.2 Å². The molecule has 1 atom stereocenters. The van der Waals surface area contributed by atoms with E-state index < -0.39 is 28.5 Å². The SMILES string of the molecule is COc1ccc(N(CC(=O)N(Cc2cccc(Cl)c2)[C@@H](Cc2ccccc2)C(=O)NC2CCCCC2)S(=O)(=O)c2ccc(C)cc2)cc1Cl. The van der Waals surface area contributed by atoms with Crippen LogP contribution in [0.5, 0.6) is 5.75 Å². The first-order valence-electron chi connectivity index (χ1n) is 16.4. The number of anilines is 1. The largest absolute Gasteiger partial charge is 0.495 e. The van der Waals surface area contributed by atoms with Gasteiger partial charge in [-0.05, 0) is 73.4 Å². The number of halogens is 2. The number of rotatable bonds is 13. The number of aryl methyl sites for hydroxylation is 1. The molecule has 1 saturated carbocycles. The lowest BCUT2D eigenvalue weighted by Gasteiger charge is -2.35. The molecule has 11 heteroatoms. The van der Waals surface area contributed by atoms with Crippen molar-refractivity contribution in [3.05, 3.63) is 124 Å². The van der Waals surface area contributed by atoms with Gasteiger partial charge in [0.1, 0.15) is 18.3 Å². The first kappa shape index (κ1) is 36.2. The van der Waals surface area contributed by atoms with E-state index in [-0.39, 0.29) is 40.5 Å². The molecule has 8 nitrogen and oxygen atoms in total. The van der Waals surface area contributed by atoms with Gasteiger partial charge in [0.2, 0.25) is 11.8 Å². The fraction of sp³-hybridized carbons (Fsp3) is 0.316. The minimum Gasteiger partial charge on any atom is -0.495 e. The maximum atomic E-state index is 14.7. The summed E-state index contributed by atoms with van der Waals surface area (Å²) in [5.74, 6) is -0.497. The predicted molar refractivity (Wildman–Crippen MR) is 195 cm³/mol. The fourth-order valence-corrected chi connectivity index (χ4v) is 7.98. The Hall–Kier alpha value is -4.05. The normalized spacial score (nSPS) is 14.1. The molecule has 0 bridgehead atoms. The number of amides is 2. The third kappa shape index (κ3) is 9.35. The second kappa shape index (κ2) is 16.6. The van der Waals surface area contributed by atoms with Crippen LogP contribution in [0.3, 0.4) is 0 Å². The number of carbonyl (C=O) groups is 2. The average Bonchev–Trinajstić information content (AvgIpc) is 3.09. The number of nitrogens with zero attached hydrogens (tertiary/aromatic N) is 2. The molecule has 0 unspecified atom stereocenters. The fourth-order valence-electron chi connectivity index (χ4n) is 6.11. The van der Waals surface area contributed by atoms with Gasteiger partial charge in [-0.25, -0.2) is 8.42 Å². The van der Waals surface area contributed by atoms with E-state index in [0.717, 1.165) is 47.5 Å². The highest BCUT2D eigenvalue weighted by molar-refractivity contribution is 7.92. The van der Waals surface area contributed by atoms with Crippen molar-refractivity contribution in [3.63, 3.8) is 0 Å². The van der Waals surface area contributed by atoms with Gasteiger partial charge in [0.25, 0.3) is 10.0 Å². The number of carbonyl (C=O) groups excluding carboxylic acids is 2. The van der Waals surface area contributed by atoms with Gasteiger partial charge >= 0.3 is 0 Å². The van der Waals surface area contributed by atoms with E-state index in [4.69, 9.17) is 27.9 Å². The third-order valence-corrected chi connectivity index (χ3v) is 11.1. The van der Waals surface area contributed by atoms with Gasteiger partial charge in [0.05, 0.1) is 22.7 Å². The summed E-state index contributed by atoms with van der Waals surface area (Å²) in [6.45, 7) is 1.29. The van der Waals surface area contributed by atoms with E-state index >= 15 is 0 Å². The van der Waals surface area contributed by atoms with E-state index in [2.05, 4.69) is 5.32 Å². The number of nitrogens with one attached hydrogen (secondary N) is 1. The molecule has 0 heterocycles. The highest BCUT2D eigenvalue weighted by atomic mass is 35.5. The molecule has 0 aliphatic heterocycles. The molecule has 0 spiro atoms. The molecule has 1 fully saturated rings. The van der Waals surface area contributed by atoms with Crippen LogP contribution in [0.4, 0.5) is 5.69 Å². The number of benzene rings is 4. The van der Waals surface area contributed by atoms with Crippen LogP contribution in [0, 0.1) is 6.92 Å². The van der Waals surface area contributed by atoms with E-state index in [1.807, 2.05) is 43.3 Å². The van der Waals surface area contributed by atoms with Crippen molar-refractivity contribution >= 4 is 50.7 Å². The van der Waals surface area contributed by atoms with Crippen LogP contribution in [0.1, 0.15) is 48.8 Å². The van der Waals surface area contributed by atoms with Crippen molar-refractivity contribution in [1.29, 1.82) is 0 Å². The molecular weight excluding hydrogens is 681 g/mol. The summed E-state index contributed by atoms with van der Waals surface area (Å²) >= 11 is 12.8. The summed E-state index contributed by atoms with van der Waals surface area (Å²) in [4.78, 5) is 30.5. The first-order chi connectivity index (χ1) is 23.5. The second-order valence-corrected chi connectivity index (χ2v) is 15.1. The number of ether oxygens (including phenoxy) is 1. The summed E-state index contributed by atoms with van der Waals surface area (Å²) < 4.78 is 35.0. The van der Waals surface area contributed by atoms with Crippen LogP contribution in [0.2, 0.25) is 10.0 Å². The first-order valence-corrected chi connectivity index (χ1v) is 18.6. The number of hydrogen-bond acceptors (Lipinski definition) is 5. The summed E-state index contributed by atoms with van der Waals surface area (Å²) in [7, 11) is -2.82. The van der Waals surface area contributed by atoms with Crippen LogP contribution in [-0.4, -0.2) is 50.9 Å². The van der Waals surface area contributed by atoms with Crippen LogP contribution in [0.25, 0.3) is 0 Å². The average molecular weight is 723 g/mol. The Kier molecular flexibility index (Phi) is 12.3. The van der Waals surface area contributed by atoms with Gasteiger partial charge in [-0.3, -0.25) is 13.9 Å². The Morgan fingerprint density at radius 3 is 2.22 bits per heavy atom. The molecule has 5 rings (SSSR count). The molecule has 0 saturated heterocycles. The summed E-state index contributed by atoms with van der Waals surface area (Å²) in [5, 5.41) is 3.88. The molecule has 1 aliphatic carbocycles. The third-order valence-electron chi connectivity index (χ3n) is 8.78. The quantitative estimate of drug-likeness (QED) is 0.154. The lowest BCUT2D eigenvalue weighted by molar-refractivity contribution is -0.140. The summed E-state index contributed by atoms with van der Waals surface area (Å²) in [6, 6.07) is 26.6. The molecule has 49 heavy (non-hydrogen) atoms. The van der Waals surface area contributed by atoms with E-state index in [0.29, 0.717) is 16.3 Å². The minimum atomic E-state index is -4.28. The van der Waals surface area contributed by atoms with Crippen molar-refractivity contribution in [2.45, 2.75) is 69.0 Å². The second-order valence-electron chi connectivity index (χ2n) is 12.3. The monoisotopic (exact) mass is 721 g/mol. The van der Waals surface area contributed by atoms with E-state index in [1.54, 1.807) is 42.5 Å². The maximum absolute atomic E-state index is 14.7. The molecule has 4 aromatic carbocycles. The Balaban J connectivity index is 1.58. The molecule has 0 aromatic heterocycles. The topological polar surface area (TPSA) is 96.0 Å². The Bertz CT molecular complexity index is 1850. The Labute approximate surface area is 299 Å². The molecular formula is C38H41Cl2N3O5S. The number of methoxy groups -OCH3 is 1. The molecule has 1 N–H and O–H groups in total. The highest BCUT2D eigenvalue weighted by Crippen LogP contribution is 2.32. The summed E-state index contributed by atoms with van der Waals surface area (Å²) in [5.41, 5.74) is 2.62. The van der Waals surface area contributed by atoms with Gasteiger partial charge < -0.3 is 15.0 Å². The van der Waals surface area contributed by atoms with Gasteiger partial charge in [-0.2, -0.15) is 0 Å². The lowest BCUT2D eigenvalue weighted by Crippen LogP contribution is -2.55. The Morgan fingerprint density at radius 2 is 1.57 bits per heavy atom. The smallest absolute Gasteiger partial charge is 0.264 e. The Morgan fingerprint density at radius 1 is 0.878 bits per heavy atom. The van der Waals surface area contributed by atoms with Crippen molar-refractivity contribution < 1.29 is 22.7 Å². The molecule has 258 valence electrons. The molecule has 1 aliphatic rings. The number of hydrogen-bond donors (Lipinski definition) is 1. The van der Waals surface area contributed by atoms with Crippen molar-refractivity contribution in [1.82, 2.24) is 10.2 Å². The molecule has 0 radical (unpaired) electrons. The zero-order valence-electron chi connectivity index (χ0n) is 27.6. The van der Waals surface area contributed by atoms with Crippen molar-refractivity contribution in [2.75, 3.05) is 18.0 Å². The lowest BCUT2D eigenvalue weighted by atomic mass is 9.94. The van der Waals surface area contributed by atoms with Crippen molar-refractivity contribution in [3.8, 4) is 5.75 Å². The van der Waals surface area contributed by atoms with Crippen LogP contribution in [-0.2, 0) is 32.6 Å². The highest BCUT2D eigenvalue weighted by Gasteiger charge is 2.35. The van der Waals surface area contributed by atoms with E-state index in [9.17, 15) is 18.0 Å². The van der Waals surface area contributed by atoms with Crippen molar-refractivity contribution in [2.24, 2.45) is 0 Å².